The number of carboxylic acids is 1. The van der Waals surface area contributed by atoms with Crippen LogP contribution in [0.5, 0.6) is 0 Å². The Kier molecular flexibility index (Phi) is 3.02. The lowest BCUT2D eigenvalue weighted by atomic mass is 10.2. The zero-order chi connectivity index (χ0) is 15.0. The molecule has 106 valence electrons. The molecule has 0 radical (unpaired) electrons. The molecule has 0 fully saturated rings. The Labute approximate surface area is 117 Å². The molecule has 3 aromatic rings. The van der Waals surface area contributed by atoms with Crippen molar-refractivity contribution < 1.29 is 18.7 Å². The second kappa shape index (κ2) is 4.86. The van der Waals surface area contributed by atoms with E-state index in [1.54, 1.807) is 12.1 Å². The fourth-order valence-corrected chi connectivity index (χ4v) is 1.99. The minimum atomic E-state index is -1.12. The third kappa shape index (κ3) is 2.29. The molecule has 0 saturated heterocycles. The third-order valence-corrected chi connectivity index (χ3v) is 2.95. The van der Waals surface area contributed by atoms with Crippen LogP contribution in [0.4, 0.5) is 20.4 Å². The first-order valence-electron chi connectivity index (χ1n) is 5.99. The number of nitrogens with one attached hydrogen (secondary N) is 2. The van der Waals surface area contributed by atoms with Crippen LogP contribution >= 0.6 is 0 Å². The van der Waals surface area contributed by atoms with Crippen LogP contribution in [0, 0.1) is 11.6 Å². The molecule has 0 aliphatic rings. The van der Waals surface area contributed by atoms with Crippen molar-refractivity contribution in [1.29, 1.82) is 0 Å². The molecule has 0 aliphatic carbocycles. The Hall–Kier alpha value is -2.96. The maximum absolute atomic E-state index is 13.6. The number of aromatic nitrogens is 2. The first-order chi connectivity index (χ1) is 10.1. The quantitative estimate of drug-likeness (QED) is 0.691. The van der Waals surface area contributed by atoms with Crippen molar-refractivity contribution in [3.63, 3.8) is 0 Å². The molecule has 0 unspecified atom stereocenters. The second-order valence-corrected chi connectivity index (χ2v) is 4.32. The Balaban J connectivity index is 2.04. The lowest BCUT2D eigenvalue weighted by molar-refractivity contribution is 0.0699. The number of benzene rings is 2. The lowest BCUT2D eigenvalue weighted by Gasteiger charge is -2.04. The van der Waals surface area contributed by atoms with E-state index in [2.05, 4.69) is 15.3 Å². The molecular weight excluding hydrogens is 280 g/mol. The first kappa shape index (κ1) is 13.0. The van der Waals surface area contributed by atoms with Crippen LogP contribution in [0.15, 0.2) is 36.4 Å². The number of H-pyrrole nitrogens is 1. The number of hydrogen-bond donors (Lipinski definition) is 3. The molecule has 21 heavy (non-hydrogen) atoms. The average molecular weight is 289 g/mol. The van der Waals surface area contributed by atoms with Gasteiger partial charge < -0.3 is 15.4 Å². The van der Waals surface area contributed by atoms with Crippen LogP contribution in [0.2, 0.25) is 0 Å². The molecule has 2 aromatic carbocycles. The molecule has 1 aromatic heterocycles. The van der Waals surface area contributed by atoms with Gasteiger partial charge in [0.1, 0.15) is 5.52 Å². The van der Waals surface area contributed by atoms with E-state index < -0.39 is 17.6 Å². The minimum absolute atomic E-state index is 0.0246. The van der Waals surface area contributed by atoms with Gasteiger partial charge in [0.2, 0.25) is 5.95 Å². The van der Waals surface area contributed by atoms with E-state index in [1.165, 1.54) is 18.2 Å². The van der Waals surface area contributed by atoms with Gasteiger partial charge in [-0.25, -0.2) is 18.6 Å². The van der Waals surface area contributed by atoms with Gasteiger partial charge in [0.15, 0.2) is 11.6 Å². The van der Waals surface area contributed by atoms with Gasteiger partial charge in [0, 0.05) is 0 Å². The number of anilines is 2. The highest BCUT2D eigenvalue weighted by Crippen LogP contribution is 2.23. The molecule has 0 aliphatic heterocycles. The number of para-hydroxylation sites is 1. The number of aromatic carboxylic acids is 1. The standard InChI is InChI=1S/C14H9F2N3O2/c15-8-4-2-5-9(11(8)16)17-14-18-10-6-1-3-7(13(20)21)12(10)19-14/h1-6H,(H,20,21)(H2,17,18,19). The maximum atomic E-state index is 13.6. The van der Waals surface area contributed by atoms with Gasteiger partial charge in [-0.15, -0.1) is 0 Å². The zero-order valence-corrected chi connectivity index (χ0v) is 10.5. The molecule has 0 bridgehead atoms. The van der Waals surface area contributed by atoms with Crippen molar-refractivity contribution in [3.05, 3.63) is 53.6 Å². The fraction of sp³-hybridized carbons (Fsp3) is 0. The SMILES string of the molecule is O=C(O)c1cccc2[nH]c(Nc3cccc(F)c3F)nc12. The summed E-state index contributed by atoms with van der Waals surface area (Å²) in [7, 11) is 0. The van der Waals surface area contributed by atoms with Crippen LogP contribution in [0.1, 0.15) is 10.4 Å². The predicted octanol–water partition coefficient (Wildman–Crippen LogP) is 3.28. The Morgan fingerprint density at radius 2 is 1.95 bits per heavy atom. The van der Waals surface area contributed by atoms with E-state index in [4.69, 9.17) is 5.11 Å². The van der Waals surface area contributed by atoms with E-state index in [0.717, 1.165) is 6.07 Å². The van der Waals surface area contributed by atoms with E-state index in [-0.39, 0.29) is 22.7 Å². The number of aromatic amines is 1. The number of rotatable bonds is 3. The molecule has 5 nitrogen and oxygen atoms in total. The van der Waals surface area contributed by atoms with Gasteiger partial charge in [-0.05, 0) is 24.3 Å². The van der Waals surface area contributed by atoms with Gasteiger partial charge in [-0.1, -0.05) is 12.1 Å². The van der Waals surface area contributed by atoms with Crippen LogP contribution in [0.25, 0.3) is 11.0 Å². The van der Waals surface area contributed by atoms with Crippen LogP contribution in [-0.2, 0) is 0 Å². The molecule has 0 atom stereocenters. The number of carbonyl (C=O) groups is 1. The smallest absolute Gasteiger partial charge is 0.337 e. The molecule has 7 heteroatoms. The number of carboxylic acid groups (broad SMARTS) is 1. The molecular formula is C14H9F2N3O2. The number of fused-ring (bicyclic) bond motifs is 1. The van der Waals surface area contributed by atoms with E-state index in [9.17, 15) is 13.6 Å². The third-order valence-electron chi connectivity index (χ3n) is 2.95. The zero-order valence-electron chi connectivity index (χ0n) is 10.5. The fourth-order valence-electron chi connectivity index (χ4n) is 1.99. The summed E-state index contributed by atoms with van der Waals surface area (Å²) in [5.41, 5.74) is 0.654. The second-order valence-electron chi connectivity index (χ2n) is 4.32. The van der Waals surface area contributed by atoms with Crippen molar-refractivity contribution in [1.82, 2.24) is 9.97 Å². The summed E-state index contributed by atoms with van der Waals surface area (Å²) in [6.07, 6.45) is 0. The average Bonchev–Trinajstić information content (AvgIpc) is 2.85. The molecule has 3 N–H and O–H groups in total. The van der Waals surface area contributed by atoms with Gasteiger partial charge >= 0.3 is 5.97 Å². The predicted molar refractivity (Wildman–Crippen MR) is 72.7 cm³/mol. The molecule has 1 heterocycles. The van der Waals surface area contributed by atoms with E-state index in [1.807, 2.05) is 0 Å². The van der Waals surface area contributed by atoms with Crippen molar-refractivity contribution in [2.24, 2.45) is 0 Å². The summed E-state index contributed by atoms with van der Waals surface area (Å²) in [5.74, 6) is -3.00. The molecule has 3 rings (SSSR count). The topological polar surface area (TPSA) is 78.0 Å². The van der Waals surface area contributed by atoms with Crippen molar-refractivity contribution in [2.45, 2.75) is 0 Å². The lowest BCUT2D eigenvalue weighted by Crippen LogP contribution is -1.98. The normalized spacial score (nSPS) is 10.8. The van der Waals surface area contributed by atoms with Gasteiger partial charge in [-0.3, -0.25) is 0 Å². The Bertz CT molecular complexity index is 845. The number of imidazole rings is 1. The van der Waals surface area contributed by atoms with Gasteiger partial charge in [0.05, 0.1) is 16.8 Å². The van der Waals surface area contributed by atoms with Crippen molar-refractivity contribution >= 4 is 28.6 Å². The summed E-state index contributed by atoms with van der Waals surface area (Å²) in [6.45, 7) is 0. The number of nitrogens with zero attached hydrogens (tertiary/aromatic N) is 1. The summed E-state index contributed by atoms with van der Waals surface area (Å²) in [4.78, 5) is 18.0. The van der Waals surface area contributed by atoms with Crippen LogP contribution in [0.3, 0.4) is 0 Å². The molecule has 0 amide bonds. The maximum Gasteiger partial charge on any atom is 0.337 e. The van der Waals surface area contributed by atoms with Crippen molar-refractivity contribution in [3.8, 4) is 0 Å². The minimum Gasteiger partial charge on any atom is -0.478 e. The van der Waals surface area contributed by atoms with E-state index in [0.29, 0.717) is 5.52 Å². The van der Waals surface area contributed by atoms with E-state index >= 15 is 0 Å². The number of halogens is 2. The summed E-state index contributed by atoms with van der Waals surface area (Å²) in [6, 6.07) is 8.33. The summed E-state index contributed by atoms with van der Waals surface area (Å²) < 4.78 is 26.7. The highest BCUT2D eigenvalue weighted by molar-refractivity contribution is 6.01. The largest absolute Gasteiger partial charge is 0.478 e. The summed E-state index contributed by atoms with van der Waals surface area (Å²) in [5, 5.41) is 11.7. The Morgan fingerprint density at radius 1 is 1.19 bits per heavy atom. The van der Waals surface area contributed by atoms with Gasteiger partial charge in [-0.2, -0.15) is 0 Å². The van der Waals surface area contributed by atoms with Crippen LogP contribution in [-0.4, -0.2) is 21.0 Å². The first-order valence-corrected chi connectivity index (χ1v) is 5.99. The Morgan fingerprint density at radius 3 is 2.71 bits per heavy atom. The van der Waals surface area contributed by atoms with Crippen LogP contribution < -0.4 is 5.32 Å². The van der Waals surface area contributed by atoms with Gasteiger partial charge in [0.25, 0.3) is 0 Å². The highest BCUT2D eigenvalue weighted by atomic mass is 19.2. The molecule has 0 spiro atoms. The number of hydrogen-bond acceptors (Lipinski definition) is 3. The van der Waals surface area contributed by atoms with Crippen molar-refractivity contribution in [2.75, 3.05) is 5.32 Å². The molecule has 0 saturated carbocycles. The highest BCUT2D eigenvalue weighted by Gasteiger charge is 2.14. The summed E-state index contributed by atoms with van der Waals surface area (Å²) >= 11 is 0. The monoisotopic (exact) mass is 289 g/mol.